The van der Waals surface area contributed by atoms with E-state index in [4.69, 9.17) is 9.47 Å². The molecular weight excluding hydrogens is 582 g/mol. The quantitative estimate of drug-likeness (QED) is 0.197. The van der Waals surface area contributed by atoms with Gasteiger partial charge >= 0.3 is 16.2 Å². The molecule has 11 nitrogen and oxygen atoms in total. The summed E-state index contributed by atoms with van der Waals surface area (Å²) in [6.07, 6.45) is 9.53. The lowest BCUT2D eigenvalue weighted by Crippen LogP contribution is -2.33. The van der Waals surface area contributed by atoms with Crippen LogP contribution in [0.15, 0.2) is 76.9 Å². The topological polar surface area (TPSA) is 132 Å². The first-order valence-electron chi connectivity index (χ1n) is 10.8. The van der Waals surface area contributed by atoms with Gasteiger partial charge in [0.05, 0.1) is 11.3 Å². The van der Waals surface area contributed by atoms with Crippen molar-refractivity contribution in [2.75, 3.05) is 35.5 Å². The largest absolute Gasteiger partial charge is 0.473 e. The number of thioether (sulfide) groups is 1. The Hall–Kier alpha value is -3.49. The zero-order valence-electron chi connectivity index (χ0n) is 19.8. The molecule has 0 spiro atoms. The van der Waals surface area contributed by atoms with Crippen LogP contribution in [0.3, 0.4) is 0 Å². The van der Waals surface area contributed by atoms with Crippen LogP contribution in [0.5, 0.6) is 11.9 Å². The Morgan fingerprint density at radius 3 is 2.32 bits per heavy atom. The van der Waals surface area contributed by atoms with Crippen molar-refractivity contribution in [1.82, 2.24) is 24.9 Å². The highest BCUT2D eigenvalue weighted by molar-refractivity contribution is 9.10. The van der Waals surface area contributed by atoms with Gasteiger partial charge in [0.15, 0.2) is 5.82 Å². The Morgan fingerprint density at radius 1 is 0.973 bits per heavy atom. The van der Waals surface area contributed by atoms with Gasteiger partial charge in [-0.25, -0.2) is 24.7 Å². The zero-order chi connectivity index (χ0) is 26.3. The van der Waals surface area contributed by atoms with E-state index in [-0.39, 0.29) is 30.9 Å². The maximum absolute atomic E-state index is 13.2. The van der Waals surface area contributed by atoms with Gasteiger partial charge in [0, 0.05) is 41.2 Å². The maximum Gasteiger partial charge on any atom is 0.324 e. The summed E-state index contributed by atoms with van der Waals surface area (Å²) in [7, 11) is -2.60. The molecule has 4 rings (SSSR count). The molecule has 0 unspecified atom stereocenters. The van der Waals surface area contributed by atoms with Gasteiger partial charge < -0.3 is 9.47 Å². The maximum atomic E-state index is 13.2. The minimum atomic E-state index is -4.03. The van der Waals surface area contributed by atoms with E-state index in [0.717, 1.165) is 13.7 Å². The molecule has 0 aliphatic heterocycles. The average molecular weight is 605 g/mol. The van der Waals surface area contributed by atoms with E-state index in [1.54, 1.807) is 36.7 Å². The van der Waals surface area contributed by atoms with Gasteiger partial charge in [-0.2, -0.15) is 8.42 Å². The molecule has 1 N–H and O–H groups in total. The number of benzene rings is 1. The Morgan fingerprint density at radius 2 is 1.65 bits per heavy atom. The average Bonchev–Trinajstić information content (AvgIpc) is 2.92. The standard InChI is InChI=1S/C23H22BrN7O4S2/c1-31(18-7-9-25-10-8-18)37(32,33)30-21-20(16-3-5-17(24)6-4-16)22(29-15-28-21)34-11-12-35-23-26-13-19(36-2)14-27-23/h3-10,13-15H,11-12H2,1-2H3,(H,28,29,30). The predicted octanol–water partition coefficient (Wildman–Crippen LogP) is 4.06. The third-order valence-electron chi connectivity index (χ3n) is 4.95. The monoisotopic (exact) mass is 603 g/mol. The molecule has 0 radical (unpaired) electrons. The van der Waals surface area contributed by atoms with Crippen molar-refractivity contribution in [3.8, 4) is 23.0 Å². The summed E-state index contributed by atoms with van der Waals surface area (Å²) in [6, 6.07) is 10.7. The third-order valence-corrected chi connectivity index (χ3v) is 7.55. The fourth-order valence-electron chi connectivity index (χ4n) is 3.07. The fourth-order valence-corrected chi connectivity index (χ4v) is 4.59. The van der Waals surface area contributed by atoms with Crippen molar-refractivity contribution in [2.24, 2.45) is 0 Å². The summed E-state index contributed by atoms with van der Waals surface area (Å²) in [4.78, 5) is 21.6. The first-order valence-corrected chi connectivity index (χ1v) is 14.2. The van der Waals surface area contributed by atoms with Crippen molar-refractivity contribution in [3.63, 3.8) is 0 Å². The molecule has 3 aromatic heterocycles. The van der Waals surface area contributed by atoms with Crippen LogP contribution in [-0.4, -0.2) is 59.9 Å². The number of halogens is 1. The molecule has 0 fully saturated rings. The first kappa shape index (κ1) is 26.6. The number of nitrogens with zero attached hydrogens (tertiary/aromatic N) is 6. The smallest absolute Gasteiger partial charge is 0.324 e. The summed E-state index contributed by atoms with van der Waals surface area (Å²) < 4.78 is 42.3. The summed E-state index contributed by atoms with van der Waals surface area (Å²) in [5, 5.41) is 0. The van der Waals surface area contributed by atoms with Crippen molar-refractivity contribution < 1.29 is 17.9 Å². The summed E-state index contributed by atoms with van der Waals surface area (Å²) in [6.45, 7) is 0.255. The second kappa shape index (κ2) is 12.2. The van der Waals surface area contributed by atoms with Crippen LogP contribution in [0.4, 0.5) is 11.5 Å². The number of hydrogen-bond acceptors (Lipinski definition) is 10. The number of pyridine rings is 1. The number of hydrogen-bond donors (Lipinski definition) is 1. The Balaban J connectivity index is 1.56. The van der Waals surface area contributed by atoms with Crippen LogP contribution in [-0.2, 0) is 10.2 Å². The molecule has 0 aliphatic carbocycles. The first-order chi connectivity index (χ1) is 17.9. The molecule has 0 atom stereocenters. The second-order valence-corrected chi connectivity index (χ2v) is 10.8. The molecule has 4 aromatic rings. The van der Waals surface area contributed by atoms with Gasteiger partial charge in [-0.05, 0) is 36.1 Å². The van der Waals surface area contributed by atoms with Crippen molar-refractivity contribution in [1.29, 1.82) is 0 Å². The van der Waals surface area contributed by atoms with Gasteiger partial charge in [-0.1, -0.05) is 28.1 Å². The van der Waals surface area contributed by atoms with Crippen molar-refractivity contribution in [3.05, 3.63) is 72.0 Å². The Labute approximate surface area is 227 Å². The number of anilines is 2. The van der Waals surface area contributed by atoms with Gasteiger partial charge in [-0.15, -0.1) is 11.8 Å². The molecule has 192 valence electrons. The number of rotatable bonds is 11. The van der Waals surface area contributed by atoms with E-state index in [1.807, 2.05) is 18.4 Å². The van der Waals surface area contributed by atoms with E-state index in [9.17, 15) is 8.42 Å². The van der Waals surface area contributed by atoms with Gasteiger partial charge in [0.1, 0.15) is 19.5 Å². The SMILES string of the molecule is CSc1cnc(OCCOc2ncnc(NS(=O)(=O)N(C)c3ccncc3)c2-c2ccc(Br)cc2)nc1. The van der Waals surface area contributed by atoms with E-state index in [0.29, 0.717) is 16.8 Å². The number of ether oxygens (including phenoxy) is 2. The highest BCUT2D eigenvalue weighted by Crippen LogP contribution is 2.35. The van der Waals surface area contributed by atoms with Crippen LogP contribution in [0, 0.1) is 0 Å². The van der Waals surface area contributed by atoms with Crippen molar-refractivity contribution >= 4 is 49.4 Å². The van der Waals surface area contributed by atoms with Crippen LogP contribution < -0.4 is 18.5 Å². The number of aromatic nitrogens is 5. The number of nitrogens with one attached hydrogen (secondary N) is 1. The summed E-state index contributed by atoms with van der Waals surface area (Å²) >= 11 is 4.95. The van der Waals surface area contributed by atoms with Crippen LogP contribution in [0.2, 0.25) is 0 Å². The lowest BCUT2D eigenvalue weighted by Gasteiger charge is -2.21. The van der Waals surface area contributed by atoms with Gasteiger partial charge in [-0.3, -0.25) is 9.29 Å². The molecule has 0 bridgehead atoms. The Bertz CT molecular complexity index is 1430. The molecule has 37 heavy (non-hydrogen) atoms. The Kier molecular flexibility index (Phi) is 8.74. The molecule has 3 heterocycles. The molecule has 0 saturated heterocycles. The van der Waals surface area contributed by atoms with Crippen molar-refractivity contribution in [2.45, 2.75) is 4.90 Å². The zero-order valence-corrected chi connectivity index (χ0v) is 23.0. The minimum Gasteiger partial charge on any atom is -0.473 e. The molecule has 1 aromatic carbocycles. The summed E-state index contributed by atoms with van der Waals surface area (Å²) in [5.74, 6) is 0.244. The molecule has 0 aliphatic rings. The molecule has 0 amide bonds. The van der Waals surface area contributed by atoms with Crippen LogP contribution in [0.1, 0.15) is 0 Å². The van der Waals surface area contributed by atoms with E-state index < -0.39 is 10.2 Å². The van der Waals surface area contributed by atoms with Gasteiger partial charge in [0.25, 0.3) is 0 Å². The van der Waals surface area contributed by atoms with Gasteiger partial charge in [0.2, 0.25) is 5.88 Å². The predicted molar refractivity (Wildman–Crippen MR) is 145 cm³/mol. The van der Waals surface area contributed by atoms with E-state index >= 15 is 0 Å². The second-order valence-electron chi connectivity index (χ2n) is 7.29. The normalized spacial score (nSPS) is 11.1. The van der Waals surface area contributed by atoms with E-state index in [2.05, 4.69) is 45.6 Å². The lowest BCUT2D eigenvalue weighted by atomic mass is 10.1. The highest BCUT2D eigenvalue weighted by atomic mass is 79.9. The van der Waals surface area contributed by atoms with E-state index in [1.165, 1.54) is 37.5 Å². The summed E-state index contributed by atoms with van der Waals surface area (Å²) in [5.41, 5.74) is 1.46. The molecular formula is C23H22BrN7O4S2. The third kappa shape index (κ3) is 6.84. The lowest BCUT2D eigenvalue weighted by molar-refractivity contribution is 0.201. The molecule has 14 heteroatoms. The highest BCUT2D eigenvalue weighted by Gasteiger charge is 2.23. The molecule has 0 saturated carbocycles. The fraction of sp³-hybridized carbons (Fsp3) is 0.174. The van der Waals surface area contributed by atoms with Crippen LogP contribution in [0.25, 0.3) is 11.1 Å². The minimum absolute atomic E-state index is 0.0603. The van der Waals surface area contributed by atoms with Crippen LogP contribution >= 0.6 is 27.7 Å².